The fourth-order valence-electron chi connectivity index (χ4n) is 1.74. The number of likely N-dealkylation sites (N-methyl/N-ethyl adjacent to an activating group) is 2. The van der Waals surface area contributed by atoms with Crippen LogP contribution >= 0.6 is 0 Å². The number of rotatable bonds is 5. The van der Waals surface area contributed by atoms with Crippen LogP contribution in [0.15, 0.2) is 12.4 Å². The summed E-state index contributed by atoms with van der Waals surface area (Å²) in [6.45, 7) is 5.43. The molecule has 1 atom stereocenters. The van der Waals surface area contributed by atoms with E-state index in [-0.39, 0.29) is 11.9 Å². The highest BCUT2D eigenvalue weighted by atomic mass is 16.2. The molecule has 0 aliphatic carbocycles. The van der Waals surface area contributed by atoms with Crippen LogP contribution in [0.1, 0.15) is 25.5 Å². The minimum absolute atomic E-state index is 0.0977. The van der Waals surface area contributed by atoms with E-state index < -0.39 is 0 Å². The Morgan fingerprint density at radius 1 is 1.56 bits per heavy atom. The van der Waals surface area contributed by atoms with E-state index in [2.05, 4.69) is 10.4 Å². The number of carbonyl (C=O) groups is 1. The molecule has 90 valence electrons. The minimum Gasteiger partial charge on any atom is -0.342 e. The van der Waals surface area contributed by atoms with Crippen LogP contribution in [-0.4, -0.2) is 40.7 Å². The molecule has 0 saturated carbocycles. The summed E-state index contributed by atoms with van der Waals surface area (Å²) in [5.41, 5.74) is 0.905. The first-order chi connectivity index (χ1) is 7.63. The molecule has 0 aliphatic rings. The molecule has 5 nitrogen and oxygen atoms in total. The Hall–Kier alpha value is -1.36. The van der Waals surface area contributed by atoms with Gasteiger partial charge in [0.1, 0.15) is 6.04 Å². The summed E-state index contributed by atoms with van der Waals surface area (Å²) in [5.74, 6) is 0.0977. The van der Waals surface area contributed by atoms with Crippen molar-refractivity contribution in [3.8, 4) is 0 Å². The van der Waals surface area contributed by atoms with Crippen LogP contribution in [0.5, 0.6) is 0 Å². The molecule has 1 N–H and O–H groups in total. The van der Waals surface area contributed by atoms with Gasteiger partial charge in [0.05, 0.1) is 6.20 Å². The standard InChI is InChI=1S/C11H20N4O/c1-5-15(6-2)11(16)10(12-3)9-7-13-14(4)8-9/h7-8,10,12H,5-6H2,1-4H3. The SMILES string of the molecule is CCN(CC)C(=O)C(NC)c1cnn(C)c1. The van der Waals surface area contributed by atoms with Crippen molar-refractivity contribution in [2.75, 3.05) is 20.1 Å². The Balaban J connectivity index is 2.85. The lowest BCUT2D eigenvalue weighted by Gasteiger charge is -2.24. The normalized spacial score (nSPS) is 12.5. The van der Waals surface area contributed by atoms with Gasteiger partial charge in [0.25, 0.3) is 0 Å². The predicted octanol–water partition coefficient (Wildman–Crippen LogP) is 0.549. The quantitative estimate of drug-likeness (QED) is 0.794. The second-order valence-electron chi connectivity index (χ2n) is 3.68. The van der Waals surface area contributed by atoms with Crippen LogP contribution < -0.4 is 5.32 Å². The number of aromatic nitrogens is 2. The summed E-state index contributed by atoms with van der Waals surface area (Å²) >= 11 is 0. The zero-order chi connectivity index (χ0) is 12.1. The zero-order valence-electron chi connectivity index (χ0n) is 10.4. The van der Waals surface area contributed by atoms with Gasteiger partial charge >= 0.3 is 0 Å². The molecular weight excluding hydrogens is 204 g/mol. The highest BCUT2D eigenvalue weighted by Crippen LogP contribution is 2.14. The first-order valence-electron chi connectivity index (χ1n) is 5.58. The zero-order valence-corrected chi connectivity index (χ0v) is 10.4. The summed E-state index contributed by atoms with van der Waals surface area (Å²) < 4.78 is 1.70. The highest BCUT2D eigenvalue weighted by Gasteiger charge is 2.23. The van der Waals surface area contributed by atoms with Crippen molar-refractivity contribution in [2.24, 2.45) is 7.05 Å². The molecule has 1 rings (SSSR count). The van der Waals surface area contributed by atoms with Gasteiger partial charge in [0.2, 0.25) is 5.91 Å². The van der Waals surface area contributed by atoms with E-state index >= 15 is 0 Å². The van der Waals surface area contributed by atoms with Crippen molar-refractivity contribution >= 4 is 5.91 Å². The molecule has 0 aliphatic heterocycles. The van der Waals surface area contributed by atoms with Crippen molar-refractivity contribution in [3.05, 3.63) is 18.0 Å². The second-order valence-corrected chi connectivity index (χ2v) is 3.68. The van der Waals surface area contributed by atoms with Gasteiger partial charge in [-0.05, 0) is 20.9 Å². The third-order valence-corrected chi connectivity index (χ3v) is 2.67. The van der Waals surface area contributed by atoms with Crippen molar-refractivity contribution in [2.45, 2.75) is 19.9 Å². The van der Waals surface area contributed by atoms with E-state index in [0.717, 1.165) is 18.7 Å². The summed E-state index contributed by atoms with van der Waals surface area (Å²) in [7, 11) is 3.64. The van der Waals surface area contributed by atoms with Crippen LogP contribution in [0.4, 0.5) is 0 Å². The lowest BCUT2D eigenvalue weighted by molar-refractivity contribution is -0.133. The first-order valence-corrected chi connectivity index (χ1v) is 5.58. The lowest BCUT2D eigenvalue weighted by Crippen LogP contribution is -2.39. The van der Waals surface area contributed by atoms with E-state index in [1.807, 2.05) is 32.0 Å². The summed E-state index contributed by atoms with van der Waals surface area (Å²) in [5, 5.41) is 7.12. The summed E-state index contributed by atoms with van der Waals surface area (Å²) in [6.07, 6.45) is 3.59. The summed E-state index contributed by atoms with van der Waals surface area (Å²) in [6, 6.07) is -0.298. The van der Waals surface area contributed by atoms with Gasteiger partial charge in [-0.2, -0.15) is 5.10 Å². The molecule has 1 aromatic heterocycles. The maximum Gasteiger partial charge on any atom is 0.244 e. The van der Waals surface area contributed by atoms with Crippen LogP contribution in [-0.2, 0) is 11.8 Å². The van der Waals surface area contributed by atoms with E-state index in [9.17, 15) is 4.79 Å². The van der Waals surface area contributed by atoms with Gasteiger partial charge in [-0.3, -0.25) is 9.48 Å². The fraction of sp³-hybridized carbons (Fsp3) is 0.636. The van der Waals surface area contributed by atoms with Gasteiger partial charge in [0, 0.05) is 31.9 Å². The molecule has 0 aromatic carbocycles. The Morgan fingerprint density at radius 3 is 2.56 bits per heavy atom. The topological polar surface area (TPSA) is 50.2 Å². The molecule has 16 heavy (non-hydrogen) atoms. The molecule has 1 unspecified atom stereocenters. The maximum atomic E-state index is 12.2. The largest absolute Gasteiger partial charge is 0.342 e. The number of nitrogens with one attached hydrogen (secondary N) is 1. The molecule has 0 fully saturated rings. The van der Waals surface area contributed by atoms with Crippen LogP contribution in [0.25, 0.3) is 0 Å². The minimum atomic E-state index is -0.298. The van der Waals surface area contributed by atoms with Crippen molar-refractivity contribution < 1.29 is 4.79 Å². The molecular formula is C11H20N4O. The van der Waals surface area contributed by atoms with E-state index in [0.29, 0.717) is 0 Å². The Bertz CT molecular complexity index is 344. The van der Waals surface area contributed by atoms with Crippen LogP contribution in [0.2, 0.25) is 0 Å². The molecule has 1 aromatic rings. The van der Waals surface area contributed by atoms with Crippen molar-refractivity contribution in [3.63, 3.8) is 0 Å². The smallest absolute Gasteiger partial charge is 0.244 e. The van der Waals surface area contributed by atoms with Crippen LogP contribution in [0.3, 0.4) is 0 Å². The average Bonchev–Trinajstić information content (AvgIpc) is 2.68. The molecule has 0 spiro atoms. The van der Waals surface area contributed by atoms with E-state index in [1.54, 1.807) is 17.9 Å². The first kappa shape index (κ1) is 12.7. The monoisotopic (exact) mass is 224 g/mol. The molecule has 5 heteroatoms. The van der Waals surface area contributed by atoms with E-state index in [4.69, 9.17) is 0 Å². The van der Waals surface area contributed by atoms with Crippen molar-refractivity contribution in [1.29, 1.82) is 0 Å². The van der Waals surface area contributed by atoms with Crippen LogP contribution in [0, 0.1) is 0 Å². The van der Waals surface area contributed by atoms with Crippen molar-refractivity contribution in [1.82, 2.24) is 20.0 Å². The average molecular weight is 224 g/mol. The molecule has 1 heterocycles. The lowest BCUT2D eigenvalue weighted by atomic mass is 10.1. The third-order valence-electron chi connectivity index (χ3n) is 2.67. The molecule has 0 radical (unpaired) electrons. The molecule has 0 saturated heterocycles. The third kappa shape index (κ3) is 2.61. The predicted molar refractivity (Wildman–Crippen MR) is 62.9 cm³/mol. The number of aryl methyl sites for hydroxylation is 1. The number of nitrogens with zero attached hydrogens (tertiary/aromatic N) is 3. The van der Waals surface area contributed by atoms with Gasteiger partial charge in [-0.15, -0.1) is 0 Å². The van der Waals surface area contributed by atoms with Gasteiger partial charge in [0.15, 0.2) is 0 Å². The number of amides is 1. The number of carbonyl (C=O) groups excluding carboxylic acids is 1. The van der Waals surface area contributed by atoms with Gasteiger partial charge < -0.3 is 10.2 Å². The molecule has 1 amide bonds. The number of hydrogen-bond donors (Lipinski definition) is 1. The highest BCUT2D eigenvalue weighted by molar-refractivity contribution is 5.83. The Kier molecular flexibility index (Phi) is 4.49. The summed E-state index contributed by atoms with van der Waals surface area (Å²) in [4.78, 5) is 14.0. The van der Waals surface area contributed by atoms with E-state index in [1.165, 1.54) is 0 Å². The van der Waals surface area contributed by atoms with Gasteiger partial charge in [-0.1, -0.05) is 0 Å². The van der Waals surface area contributed by atoms with Gasteiger partial charge in [-0.25, -0.2) is 0 Å². The number of hydrogen-bond acceptors (Lipinski definition) is 3. The fourth-order valence-corrected chi connectivity index (χ4v) is 1.74. The molecule has 0 bridgehead atoms. The Labute approximate surface area is 96.4 Å². The Morgan fingerprint density at radius 2 is 2.19 bits per heavy atom. The maximum absolute atomic E-state index is 12.2. The second kappa shape index (κ2) is 5.65.